The summed E-state index contributed by atoms with van der Waals surface area (Å²) in [4.78, 5) is 58.2. The Labute approximate surface area is 200 Å². The smallest absolute Gasteiger partial charge is 0.287 e. The predicted octanol–water partition coefficient (Wildman–Crippen LogP) is 1.30. The Hall–Kier alpha value is -3.44. The highest BCUT2D eigenvalue weighted by Gasteiger charge is 2.27. The lowest BCUT2D eigenvalue weighted by atomic mass is 9.96. The maximum Gasteiger partial charge on any atom is 0.287 e. The van der Waals surface area contributed by atoms with Gasteiger partial charge in [-0.1, -0.05) is 18.2 Å². The molecule has 0 radical (unpaired) electrons. The Morgan fingerprint density at radius 1 is 1.18 bits per heavy atom. The van der Waals surface area contributed by atoms with E-state index in [-0.39, 0.29) is 23.6 Å². The van der Waals surface area contributed by atoms with Gasteiger partial charge in [0, 0.05) is 25.4 Å². The molecule has 172 valence electrons. The van der Waals surface area contributed by atoms with Crippen LogP contribution >= 0.6 is 23.1 Å². The van der Waals surface area contributed by atoms with Crippen molar-refractivity contribution in [3.05, 3.63) is 77.1 Å². The highest BCUT2D eigenvalue weighted by Crippen LogP contribution is 2.41. The van der Waals surface area contributed by atoms with Crippen LogP contribution in [-0.4, -0.2) is 28.2 Å². The molecule has 4 aromatic rings. The van der Waals surface area contributed by atoms with Crippen LogP contribution in [-0.2, 0) is 25.9 Å². The third-order valence-corrected chi connectivity index (χ3v) is 8.84. The van der Waals surface area contributed by atoms with Crippen LogP contribution in [0.5, 0.6) is 0 Å². The first-order valence-electron chi connectivity index (χ1n) is 10.8. The molecule has 0 saturated heterocycles. The molecule has 4 heterocycles. The van der Waals surface area contributed by atoms with E-state index in [1.54, 1.807) is 11.8 Å². The summed E-state index contributed by atoms with van der Waals surface area (Å²) in [5, 5.41) is 3.43. The third kappa shape index (κ3) is 3.26. The van der Waals surface area contributed by atoms with Gasteiger partial charge in [-0.05, 0) is 35.1 Å². The molecule has 0 bridgehead atoms. The number of aromatic amines is 1. The van der Waals surface area contributed by atoms with E-state index in [4.69, 9.17) is 5.73 Å². The Morgan fingerprint density at radius 3 is 2.85 bits per heavy atom. The molecule has 0 aliphatic carbocycles. The zero-order chi connectivity index (χ0) is 23.6. The fourth-order valence-electron chi connectivity index (χ4n) is 4.63. The molecule has 4 N–H and O–H groups in total. The Kier molecular flexibility index (Phi) is 4.85. The number of nitrogens with two attached hydrogens (primary N) is 1. The fraction of sp³-hybridized carbons (Fsp3) is 0.261. The molecule has 2 aromatic carbocycles. The molecule has 1 amide bonds. The normalized spacial score (nSPS) is 15.0. The van der Waals surface area contributed by atoms with E-state index in [0.29, 0.717) is 29.0 Å². The number of aryl methyl sites for hydroxylation is 1. The van der Waals surface area contributed by atoms with Crippen LogP contribution < -0.4 is 32.4 Å². The van der Waals surface area contributed by atoms with Crippen molar-refractivity contribution in [1.29, 1.82) is 0 Å². The number of aromatic nitrogens is 2. The van der Waals surface area contributed by atoms with E-state index in [0.717, 1.165) is 45.1 Å². The number of anilines is 2. The zero-order valence-corrected chi connectivity index (χ0v) is 19.5. The van der Waals surface area contributed by atoms with Gasteiger partial charge >= 0.3 is 0 Å². The van der Waals surface area contributed by atoms with Crippen LogP contribution in [0.25, 0.3) is 10.2 Å². The summed E-state index contributed by atoms with van der Waals surface area (Å²) in [6.07, 6.45) is 1.58. The maximum atomic E-state index is 12.7. The minimum absolute atomic E-state index is 0.00198. The van der Waals surface area contributed by atoms with Gasteiger partial charge in [-0.3, -0.25) is 19.2 Å². The van der Waals surface area contributed by atoms with E-state index in [1.165, 1.54) is 11.3 Å². The number of nitrogens with zero attached hydrogens (tertiary/aromatic N) is 2. The molecule has 2 aromatic heterocycles. The summed E-state index contributed by atoms with van der Waals surface area (Å²) in [5.41, 5.74) is 8.73. The number of rotatable bonds is 4. The number of benzene rings is 1. The lowest BCUT2D eigenvalue weighted by Crippen LogP contribution is -2.44. The maximum absolute atomic E-state index is 12.7. The minimum atomic E-state index is -0.618. The summed E-state index contributed by atoms with van der Waals surface area (Å²) in [5.74, 6) is 0.523. The molecule has 2 aliphatic rings. The van der Waals surface area contributed by atoms with Gasteiger partial charge in [0.05, 0.1) is 9.60 Å². The van der Waals surface area contributed by atoms with E-state index < -0.39 is 16.8 Å². The van der Waals surface area contributed by atoms with Gasteiger partial charge in [-0.2, -0.15) is 0 Å². The van der Waals surface area contributed by atoms with Gasteiger partial charge in [0.1, 0.15) is 16.2 Å². The van der Waals surface area contributed by atoms with E-state index >= 15 is 0 Å². The molecule has 2 aliphatic heterocycles. The van der Waals surface area contributed by atoms with Gasteiger partial charge in [0.25, 0.3) is 22.3 Å². The number of hydrogen-bond donors (Lipinski definition) is 3. The summed E-state index contributed by atoms with van der Waals surface area (Å²) in [6.45, 7) is 1.34. The molecule has 9 nitrogen and oxygen atoms in total. The van der Waals surface area contributed by atoms with Gasteiger partial charge in [-0.15, -0.1) is 23.1 Å². The van der Waals surface area contributed by atoms with Gasteiger partial charge < -0.3 is 20.9 Å². The summed E-state index contributed by atoms with van der Waals surface area (Å²) in [6, 6.07) is 5.93. The van der Waals surface area contributed by atoms with Crippen molar-refractivity contribution in [2.45, 2.75) is 30.1 Å². The average Bonchev–Trinajstić information content (AvgIpc) is 3.43. The fourth-order valence-corrected chi connectivity index (χ4v) is 7.18. The Bertz CT molecular complexity index is 1630. The molecule has 11 heteroatoms. The molecule has 34 heavy (non-hydrogen) atoms. The number of hydrogen-bond acceptors (Lipinski definition) is 9. The standard InChI is InChI=1S/C23H19N5O4S2/c24-15-16(18(30)17(15)29)28-5-3-11-2-1-10(7-12(11)9-28)8-25-21(32)19-26-20(31)14-13-4-6-33-23(13)34-22(14)27-19/h1-2,7H,3-6,8-9,24H2,(H,25,32)(H,26,27,31). The summed E-state index contributed by atoms with van der Waals surface area (Å²) >= 11 is 3.18. The van der Waals surface area contributed by atoms with Crippen molar-refractivity contribution in [3.63, 3.8) is 0 Å². The molecule has 0 spiro atoms. The molecule has 6 rings (SSSR count). The molecular formula is C23H19N5O4S2. The van der Waals surface area contributed by atoms with E-state index in [9.17, 15) is 19.2 Å². The largest absolute Gasteiger partial charge is 0.394 e. The second-order valence-corrected chi connectivity index (χ2v) is 10.8. The van der Waals surface area contributed by atoms with Crippen LogP contribution in [0.15, 0.2) is 36.8 Å². The van der Waals surface area contributed by atoms with Gasteiger partial charge in [-0.25, -0.2) is 4.98 Å². The van der Waals surface area contributed by atoms with Crippen molar-refractivity contribution in [2.75, 3.05) is 22.9 Å². The van der Waals surface area contributed by atoms with Crippen molar-refractivity contribution in [3.8, 4) is 0 Å². The lowest BCUT2D eigenvalue weighted by molar-refractivity contribution is 0.0940. The van der Waals surface area contributed by atoms with Crippen molar-refractivity contribution in [1.82, 2.24) is 15.3 Å². The SMILES string of the molecule is Nc1c(N2CCc3ccc(CNC(=O)c4nc5sc6c(c5c(=O)[nH]4)CCS6)cc3C2)c(=O)c1=O. The Morgan fingerprint density at radius 2 is 2.03 bits per heavy atom. The first-order valence-corrected chi connectivity index (χ1v) is 12.6. The van der Waals surface area contributed by atoms with Crippen molar-refractivity contribution >= 4 is 50.6 Å². The molecule has 0 atom stereocenters. The highest BCUT2D eigenvalue weighted by atomic mass is 32.2. The minimum Gasteiger partial charge on any atom is -0.394 e. The summed E-state index contributed by atoms with van der Waals surface area (Å²) < 4.78 is 1.11. The lowest BCUT2D eigenvalue weighted by Gasteiger charge is -2.32. The number of nitrogens with one attached hydrogen (secondary N) is 2. The van der Waals surface area contributed by atoms with E-state index in [1.807, 2.05) is 23.1 Å². The van der Waals surface area contributed by atoms with Crippen LogP contribution in [0.4, 0.5) is 11.4 Å². The number of carbonyl (C=O) groups excluding carboxylic acids is 1. The van der Waals surface area contributed by atoms with Crippen LogP contribution in [0.2, 0.25) is 0 Å². The number of nitrogen functional groups attached to an aromatic ring is 1. The van der Waals surface area contributed by atoms with Gasteiger partial charge in [0.15, 0.2) is 0 Å². The number of H-pyrrole nitrogens is 1. The number of carbonyl (C=O) groups is 1. The van der Waals surface area contributed by atoms with Crippen LogP contribution in [0.3, 0.4) is 0 Å². The van der Waals surface area contributed by atoms with Crippen molar-refractivity contribution < 1.29 is 4.79 Å². The molecule has 0 unspecified atom stereocenters. The van der Waals surface area contributed by atoms with Gasteiger partial charge in [0.2, 0.25) is 5.82 Å². The first-order chi connectivity index (χ1) is 16.4. The zero-order valence-electron chi connectivity index (χ0n) is 17.9. The molecule has 0 saturated carbocycles. The monoisotopic (exact) mass is 493 g/mol. The summed E-state index contributed by atoms with van der Waals surface area (Å²) in [7, 11) is 0. The molecule has 0 fully saturated rings. The highest BCUT2D eigenvalue weighted by molar-refractivity contribution is 8.01. The van der Waals surface area contributed by atoms with Crippen LogP contribution in [0, 0.1) is 0 Å². The topological polar surface area (TPSA) is 138 Å². The van der Waals surface area contributed by atoms with Crippen LogP contribution in [0.1, 0.15) is 32.9 Å². The second-order valence-electron chi connectivity index (χ2n) is 8.44. The number of thioether (sulfide) groups is 1. The van der Waals surface area contributed by atoms with E-state index in [2.05, 4.69) is 15.3 Å². The predicted molar refractivity (Wildman–Crippen MR) is 133 cm³/mol. The first kappa shape index (κ1) is 21.1. The quantitative estimate of drug-likeness (QED) is 0.362. The number of thiophene rings is 1. The Balaban J connectivity index is 1.19. The third-order valence-electron chi connectivity index (χ3n) is 6.40. The second kappa shape index (κ2) is 7.81. The van der Waals surface area contributed by atoms with Crippen molar-refractivity contribution in [2.24, 2.45) is 0 Å². The number of amides is 1. The number of fused-ring (bicyclic) bond motifs is 4. The molecular weight excluding hydrogens is 474 g/mol. The average molecular weight is 494 g/mol.